The Morgan fingerprint density at radius 3 is 3.29 bits per heavy atom. The van der Waals surface area contributed by atoms with Crippen molar-refractivity contribution in [1.29, 1.82) is 0 Å². The largest absolute Gasteiger partial charge is 0.396 e. The van der Waals surface area contributed by atoms with E-state index in [1.54, 1.807) is 0 Å². The summed E-state index contributed by atoms with van der Waals surface area (Å²) in [6.07, 6.45) is -9.27. The third-order valence-corrected chi connectivity index (χ3v) is 1.33. The molecule has 0 aliphatic carbocycles. The monoisotopic (exact) mass is 206 g/mol. The first-order chi connectivity index (χ1) is 12.2. The van der Waals surface area contributed by atoms with Crippen LogP contribution < -0.4 is 10.6 Å². The molecule has 1 fully saturated rings. The Hall–Kier alpha value is -1.32. The van der Waals surface area contributed by atoms with Gasteiger partial charge in [0, 0.05) is 29.4 Å². The van der Waals surface area contributed by atoms with Crippen LogP contribution in [0.3, 0.4) is 0 Å². The Morgan fingerprint density at radius 2 is 2.57 bits per heavy atom. The molecular weight excluding hydrogens is 176 g/mol. The number of piperidine rings is 1. The molecule has 1 atom stereocenters. The van der Waals surface area contributed by atoms with Gasteiger partial charge in [0.25, 0.3) is 0 Å². The highest BCUT2D eigenvalue weighted by Gasteiger charge is 2.17. The van der Waals surface area contributed by atoms with Gasteiger partial charge in [-0.3, -0.25) is 0 Å². The van der Waals surface area contributed by atoms with E-state index in [0.29, 0.717) is 0 Å². The van der Waals surface area contributed by atoms with Gasteiger partial charge in [-0.1, -0.05) is 6.85 Å². The minimum Gasteiger partial charge on any atom is -0.396 e. The van der Waals surface area contributed by atoms with Crippen molar-refractivity contribution in [3.63, 3.8) is 0 Å². The van der Waals surface area contributed by atoms with E-state index >= 15 is 0 Å². The number of nitrogens with zero attached hydrogens (tertiary/aromatic N) is 3. The average Bonchev–Trinajstić information content (AvgIpc) is 2.48. The van der Waals surface area contributed by atoms with E-state index in [4.69, 9.17) is 24.9 Å². The lowest BCUT2D eigenvalue weighted by molar-refractivity contribution is 0.442. The number of nitrogen functional groups attached to an aromatic ring is 1. The fourth-order valence-corrected chi connectivity index (χ4v) is 0.785. The lowest BCUT2D eigenvalue weighted by atomic mass is 10.0. The molecule has 2 N–H and O–H groups in total. The predicted molar refractivity (Wildman–Crippen MR) is 57.1 cm³/mol. The van der Waals surface area contributed by atoms with Crippen LogP contribution in [0.1, 0.15) is 38.8 Å². The van der Waals surface area contributed by atoms with Gasteiger partial charge in [0.2, 0.25) is 5.95 Å². The lowest BCUT2D eigenvalue weighted by Crippen LogP contribution is -2.35. The van der Waals surface area contributed by atoms with E-state index in [9.17, 15) is 0 Å². The lowest BCUT2D eigenvalue weighted by Gasteiger charge is -2.30. The smallest absolute Gasteiger partial charge is 0.225 e. The Bertz CT molecular complexity index is 781. The summed E-state index contributed by atoms with van der Waals surface area (Å²) in [5.41, 5.74) is 4.82. The van der Waals surface area contributed by atoms with Crippen LogP contribution in [0.5, 0.6) is 0 Å². The standard InChI is InChI=1S/C10H16N4/c1-8-3-2-4-14(7-8)10-12-5-9(11)6-13-10/h5-6,8H,2-4,7,11H2,1H3/i1D3,2D2,3D2,4D2,5D,6D,7D2,8D. The minimum absolute atomic E-state index is 0.240. The van der Waals surface area contributed by atoms with Crippen LogP contribution in [-0.2, 0) is 0 Å². The third-order valence-electron chi connectivity index (χ3n) is 1.33. The topological polar surface area (TPSA) is 55.0 Å². The van der Waals surface area contributed by atoms with Crippen molar-refractivity contribution >= 4 is 11.6 Å². The van der Waals surface area contributed by atoms with E-state index in [0.717, 1.165) is 0 Å². The van der Waals surface area contributed by atoms with Gasteiger partial charge < -0.3 is 10.6 Å². The minimum atomic E-state index is -3.85. The summed E-state index contributed by atoms with van der Waals surface area (Å²) in [7, 11) is 0. The molecule has 0 aromatic carbocycles. The first-order valence-electron chi connectivity index (χ1n) is 10.6. The average molecular weight is 206 g/mol. The van der Waals surface area contributed by atoms with E-state index in [-0.39, 0.29) is 4.90 Å². The van der Waals surface area contributed by atoms with Crippen molar-refractivity contribution in [2.75, 3.05) is 23.6 Å². The third kappa shape index (κ3) is 1.95. The van der Waals surface area contributed by atoms with Crippen LogP contribution in [0.4, 0.5) is 11.6 Å². The predicted octanol–water partition coefficient (Wildman–Crippen LogP) is 1.30. The molecule has 2 heterocycles. The molecule has 0 bridgehead atoms. The molecular formula is C10H16N4. The number of hydrogen-bond donors (Lipinski definition) is 1. The van der Waals surface area contributed by atoms with Crippen molar-refractivity contribution in [3.8, 4) is 0 Å². The van der Waals surface area contributed by atoms with Crippen LogP contribution in [0, 0.1) is 5.89 Å². The number of nitrogens with two attached hydrogens (primary N) is 1. The molecule has 4 nitrogen and oxygen atoms in total. The van der Waals surface area contributed by atoms with Gasteiger partial charge in [0.1, 0.15) is 0 Å². The summed E-state index contributed by atoms with van der Waals surface area (Å²) >= 11 is 0. The number of rotatable bonds is 1. The quantitative estimate of drug-likeness (QED) is 0.752. The zero-order valence-electron chi connectivity index (χ0n) is 20.9. The molecule has 0 amide bonds. The van der Waals surface area contributed by atoms with E-state index in [1.807, 2.05) is 0 Å². The summed E-state index contributed by atoms with van der Waals surface area (Å²) < 4.78 is 110. The highest BCUT2D eigenvalue weighted by atomic mass is 15.2. The Balaban J connectivity index is 2.97. The molecule has 1 aromatic rings. The summed E-state index contributed by atoms with van der Waals surface area (Å²) in [6.45, 7) is -11.1. The van der Waals surface area contributed by atoms with Crippen LogP contribution >= 0.6 is 0 Å². The van der Waals surface area contributed by atoms with Crippen molar-refractivity contribution in [2.24, 2.45) is 5.89 Å². The van der Waals surface area contributed by atoms with Gasteiger partial charge in [0.15, 0.2) is 0 Å². The molecule has 76 valence electrons. The first kappa shape index (κ1) is 2.26. The summed E-state index contributed by atoms with van der Waals surface area (Å²) in [6, 6.07) is 0. The molecule has 2 rings (SSSR count). The van der Waals surface area contributed by atoms with Crippen LogP contribution in [0.2, 0.25) is 0 Å². The van der Waals surface area contributed by atoms with Gasteiger partial charge in [-0.15, -0.1) is 0 Å². The molecule has 0 spiro atoms. The van der Waals surface area contributed by atoms with E-state index in [2.05, 4.69) is 9.97 Å². The van der Waals surface area contributed by atoms with E-state index < -0.39 is 62.5 Å². The fraction of sp³-hybridized carbons (Fsp3) is 0.600. The Kier molecular flexibility index (Phi) is 0.616. The first-order valence-corrected chi connectivity index (χ1v) is 3.60. The van der Waals surface area contributed by atoms with Crippen molar-refractivity contribution in [1.82, 2.24) is 9.97 Å². The van der Waals surface area contributed by atoms with Crippen LogP contribution in [-0.4, -0.2) is 23.0 Å². The molecule has 14 heavy (non-hydrogen) atoms. The second-order valence-corrected chi connectivity index (χ2v) is 2.34. The molecule has 1 saturated heterocycles. The molecule has 0 radical (unpaired) electrons. The van der Waals surface area contributed by atoms with Gasteiger partial charge in [-0.2, -0.15) is 0 Å². The SMILES string of the molecule is [2H]c1nc(N2C([2H])([2H])C([2H])([2H])C([2H])([2H])C([2H])(C([2H])([2H])[2H])C2([2H])[2H])nc([2H])c1N. The summed E-state index contributed by atoms with van der Waals surface area (Å²) in [5, 5.41) is 0. The van der Waals surface area contributed by atoms with Gasteiger partial charge in [-0.25, -0.2) is 9.97 Å². The van der Waals surface area contributed by atoms with Crippen molar-refractivity contribution in [2.45, 2.75) is 19.6 Å². The molecule has 0 saturated carbocycles. The normalized spacial score (nSPS) is 57.6. The second kappa shape index (κ2) is 3.82. The summed E-state index contributed by atoms with van der Waals surface area (Å²) in [4.78, 5) is 6.58. The molecule has 1 unspecified atom stereocenters. The van der Waals surface area contributed by atoms with E-state index in [1.165, 1.54) is 0 Å². The molecule has 1 aromatic heterocycles. The highest BCUT2D eigenvalue weighted by Crippen LogP contribution is 2.19. The molecule has 4 heteroatoms. The van der Waals surface area contributed by atoms with Crippen LogP contribution in [0.15, 0.2) is 12.3 Å². The second-order valence-electron chi connectivity index (χ2n) is 2.34. The van der Waals surface area contributed by atoms with Crippen molar-refractivity contribution < 1.29 is 19.2 Å². The number of anilines is 2. The zero-order valence-corrected chi connectivity index (χ0v) is 6.92. The maximum Gasteiger partial charge on any atom is 0.225 e. The fourth-order valence-electron chi connectivity index (χ4n) is 0.785. The maximum atomic E-state index is 8.20. The van der Waals surface area contributed by atoms with Gasteiger partial charge in [0.05, 0.1) is 20.8 Å². The van der Waals surface area contributed by atoms with Crippen LogP contribution in [0.25, 0.3) is 0 Å². The molecule has 1 aliphatic rings. The van der Waals surface area contributed by atoms with Gasteiger partial charge in [-0.05, 0) is 18.6 Å². The maximum absolute atomic E-state index is 8.20. The highest BCUT2D eigenvalue weighted by molar-refractivity contribution is 5.38. The Labute approximate surface area is 104 Å². The zero-order chi connectivity index (χ0) is 22.3. The summed E-state index contributed by atoms with van der Waals surface area (Å²) in [5.74, 6) is -4.96. The van der Waals surface area contributed by atoms with Crippen molar-refractivity contribution in [3.05, 3.63) is 12.3 Å². The number of aromatic nitrogens is 2. The van der Waals surface area contributed by atoms with Gasteiger partial charge >= 0.3 is 0 Å². The molecule has 1 aliphatic heterocycles. The Morgan fingerprint density at radius 1 is 1.79 bits per heavy atom. The number of hydrogen-bond acceptors (Lipinski definition) is 4.